The Morgan fingerprint density at radius 1 is 1.60 bits per heavy atom. The number of pyridine rings is 1. The maximum absolute atomic E-state index is 10.8. The molecule has 108 valence electrons. The van der Waals surface area contributed by atoms with Crippen molar-refractivity contribution in [2.24, 2.45) is 0 Å². The van der Waals surface area contributed by atoms with Crippen LogP contribution in [0.25, 0.3) is 11.2 Å². The van der Waals surface area contributed by atoms with Crippen molar-refractivity contribution >= 4 is 44.8 Å². The summed E-state index contributed by atoms with van der Waals surface area (Å²) in [5.41, 5.74) is 1.59. The molecule has 0 fully saturated rings. The third-order valence-electron chi connectivity index (χ3n) is 2.94. The first kappa shape index (κ1) is 15.3. The van der Waals surface area contributed by atoms with Gasteiger partial charge in [-0.2, -0.15) is 0 Å². The Labute approximate surface area is 129 Å². The molecule has 0 saturated heterocycles. The van der Waals surface area contributed by atoms with Gasteiger partial charge in [-0.3, -0.25) is 4.79 Å². The van der Waals surface area contributed by atoms with E-state index in [2.05, 4.69) is 39.7 Å². The molecule has 0 spiro atoms. The average Bonchev–Trinajstić information content (AvgIpc) is 2.74. The number of fused-ring (bicyclic) bond motifs is 1. The predicted octanol–water partition coefficient (Wildman–Crippen LogP) is 3.73. The summed E-state index contributed by atoms with van der Waals surface area (Å²) < 4.78 is 2.91. The molecule has 2 heterocycles. The lowest BCUT2D eigenvalue weighted by molar-refractivity contribution is -0.133. The Morgan fingerprint density at radius 3 is 3.00 bits per heavy atom. The van der Waals surface area contributed by atoms with Crippen LogP contribution < -0.4 is 0 Å². The summed E-state index contributed by atoms with van der Waals surface area (Å²) >= 11 is 4.62. The van der Waals surface area contributed by atoms with Crippen LogP contribution in [0.2, 0.25) is 0 Å². The molecular weight excluding hydrogens is 342 g/mol. The van der Waals surface area contributed by atoms with Gasteiger partial charge in [-0.15, -0.1) is 0 Å². The Bertz CT molecular complexity index is 629. The fourth-order valence-electron chi connectivity index (χ4n) is 2.11. The smallest absolute Gasteiger partial charge is 0.313 e. The van der Waals surface area contributed by atoms with Crippen LogP contribution in [-0.4, -0.2) is 31.4 Å². The fourth-order valence-corrected chi connectivity index (χ4v) is 3.25. The molecule has 0 aromatic carbocycles. The summed E-state index contributed by atoms with van der Waals surface area (Å²) in [5.74, 6) is -0.838. The normalized spacial score (nSPS) is 12.8. The van der Waals surface area contributed by atoms with Crippen molar-refractivity contribution < 1.29 is 9.90 Å². The Morgan fingerprint density at radius 2 is 2.35 bits per heavy atom. The number of imidazole rings is 1. The summed E-state index contributed by atoms with van der Waals surface area (Å²) in [6.45, 7) is 4.24. The highest BCUT2D eigenvalue weighted by Gasteiger charge is 2.18. The molecule has 2 rings (SSSR count). The van der Waals surface area contributed by atoms with Crippen molar-refractivity contribution in [3.8, 4) is 0 Å². The van der Waals surface area contributed by atoms with Gasteiger partial charge in [0.05, 0.1) is 5.75 Å². The average molecular weight is 358 g/mol. The lowest BCUT2D eigenvalue weighted by Crippen LogP contribution is -2.08. The molecule has 0 aliphatic carbocycles. The second-order valence-electron chi connectivity index (χ2n) is 4.58. The predicted molar refractivity (Wildman–Crippen MR) is 83.2 cm³/mol. The van der Waals surface area contributed by atoms with E-state index in [0.717, 1.165) is 28.5 Å². The van der Waals surface area contributed by atoms with Gasteiger partial charge >= 0.3 is 5.97 Å². The molecule has 0 amide bonds. The zero-order valence-electron chi connectivity index (χ0n) is 11.3. The van der Waals surface area contributed by atoms with Crippen LogP contribution in [0, 0.1) is 0 Å². The van der Waals surface area contributed by atoms with Crippen molar-refractivity contribution in [1.82, 2.24) is 14.5 Å². The molecule has 1 atom stereocenters. The lowest BCUT2D eigenvalue weighted by atomic mass is 10.2. The van der Waals surface area contributed by atoms with Crippen LogP contribution in [0.1, 0.15) is 32.7 Å². The number of nitrogens with zero attached hydrogens (tertiary/aromatic N) is 3. The van der Waals surface area contributed by atoms with E-state index >= 15 is 0 Å². The van der Waals surface area contributed by atoms with Crippen molar-refractivity contribution in [3.05, 3.63) is 16.7 Å². The molecule has 2 aromatic rings. The van der Waals surface area contributed by atoms with Crippen LogP contribution in [0.4, 0.5) is 0 Å². The highest BCUT2D eigenvalue weighted by molar-refractivity contribution is 9.10. The van der Waals surface area contributed by atoms with Gasteiger partial charge < -0.3 is 9.67 Å². The van der Waals surface area contributed by atoms with E-state index in [1.54, 1.807) is 6.20 Å². The molecule has 1 unspecified atom stereocenters. The second-order valence-corrected chi connectivity index (χ2v) is 6.44. The molecule has 0 bridgehead atoms. The molecule has 0 radical (unpaired) electrons. The minimum Gasteiger partial charge on any atom is -0.481 e. The van der Waals surface area contributed by atoms with E-state index in [4.69, 9.17) is 5.11 Å². The fraction of sp³-hybridized carbons (Fsp3) is 0.462. The van der Waals surface area contributed by atoms with Crippen LogP contribution in [-0.2, 0) is 4.79 Å². The van der Waals surface area contributed by atoms with Gasteiger partial charge in [0.2, 0.25) is 0 Å². The molecule has 0 aliphatic heterocycles. The number of hydrogen-bond donors (Lipinski definition) is 1. The Kier molecular flexibility index (Phi) is 5.04. The second kappa shape index (κ2) is 6.58. The van der Waals surface area contributed by atoms with Crippen molar-refractivity contribution in [2.75, 3.05) is 5.75 Å². The number of carboxylic acid groups (broad SMARTS) is 1. The summed E-state index contributed by atoms with van der Waals surface area (Å²) in [6, 6.07) is 2.15. The SMILES string of the molecule is CCCC(C)n1c(SCC(=O)O)nc2cc(Br)cnc21. The van der Waals surface area contributed by atoms with Crippen LogP contribution >= 0.6 is 27.7 Å². The zero-order valence-corrected chi connectivity index (χ0v) is 13.7. The highest BCUT2D eigenvalue weighted by atomic mass is 79.9. The van der Waals surface area contributed by atoms with E-state index in [9.17, 15) is 4.79 Å². The molecule has 0 aliphatic rings. The maximum atomic E-state index is 10.8. The van der Waals surface area contributed by atoms with E-state index in [0.29, 0.717) is 5.16 Å². The van der Waals surface area contributed by atoms with Gasteiger partial charge in [0, 0.05) is 16.7 Å². The third-order valence-corrected chi connectivity index (χ3v) is 4.31. The van der Waals surface area contributed by atoms with Crippen LogP contribution in [0.3, 0.4) is 0 Å². The maximum Gasteiger partial charge on any atom is 0.313 e. The van der Waals surface area contributed by atoms with Gasteiger partial charge in [-0.1, -0.05) is 25.1 Å². The van der Waals surface area contributed by atoms with Gasteiger partial charge in [0.25, 0.3) is 0 Å². The van der Waals surface area contributed by atoms with Gasteiger partial charge in [-0.05, 0) is 35.3 Å². The number of aromatic nitrogens is 3. The van der Waals surface area contributed by atoms with Crippen molar-refractivity contribution in [3.63, 3.8) is 0 Å². The number of aliphatic carboxylic acids is 1. The molecular formula is C13H16BrN3O2S. The van der Waals surface area contributed by atoms with E-state index in [1.165, 1.54) is 11.8 Å². The van der Waals surface area contributed by atoms with Gasteiger partial charge in [0.15, 0.2) is 10.8 Å². The minimum absolute atomic E-state index is 0.00331. The van der Waals surface area contributed by atoms with E-state index in [-0.39, 0.29) is 11.8 Å². The van der Waals surface area contributed by atoms with Gasteiger partial charge in [-0.25, -0.2) is 9.97 Å². The summed E-state index contributed by atoms with van der Waals surface area (Å²) in [5, 5.41) is 9.56. The first-order chi connectivity index (χ1) is 9.52. The summed E-state index contributed by atoms with van der Waals surface area (Å²) in [7, 11) is 0. The standard InChI is InChI=1S/C13H16BrN3O2S/c1-3-4-8(2)17-12-10(5-9(14)6-15-12)16-13(17)20-7-11(18)19/h5-6,8H,3-4,7H2,1-2H3,(H,18,19). The number of thioether (sulfide) groups is 1. The topological polar surface area (TPSA) is 68.0 Å². The summed E-state index contributed by atoms with van der Waals surface area (Å²) in [6.07, 6.45) is 3.80. The first-order valence-corrected chi connectivity index (χ1v) is 8.18. The number of halogens is 1. The van der Waals surface area contributed by atoms with E-state index < -0.39 is 5.97 Å². The Balaban J connectivity index is 2.47. The van der Waals surface area contributed by atoms with Crippen LogP contribution in [0.5, 0.6) is 0 Å². The molecule has 20 heavy (non-hydrogen) atoms. The number of carbonyl (C=O) groups is 1. The Hall–Kier alpha value is -1.08. The molecule has 1 N–H and O–H groups in total. The van der Waals surface area contributed by atoms with Crippen LogP contribution in [0.15, 0.2) is 21.9 Å². The molecule has 7 heteroatoms. The van der Waals surface area contributed by atoms with Crippen molar-refractivity contribution in [1.29, 1.82) is 0 Å². The quantitative estimate of drug-likeness (QED) is 0.797. The summed E-state index contributed by atoms with van der Waals surface area (Å²) in [4.78, 5) is 19.7. The van der Waals surface area contributed by atoms with Gasteiger partial charge in [0.1, 0.15) is 5.52 Å². The highest BCUT2D eigenvalue weighted by Crippen LogP contribution is 2.29. The molecule has 5 nitrogen and oxygen atoms in total. The van der Waals surface area contributed by atoms with Crippen molar-refractivity contribution in [2.45, 2.75) is 37.9 Å². The lowest BCUT2D eigenvalue weighted by Gasteiger charge is -2.15. The number of rotatable bonds is 6. The monoisotopic (exact) mass is 357 g/mol. The number of carboxylic acids is 1. The third kappa shape index (κ3) is 3.32. The largest absolute Gasteiger partial charge is 0.481 e. The van der Waals surface area contributed by atoms with E-state index in [1.807, 2.05) is 10.6 Å². The number of hydrogen-bond acceptors (Lipinski definition) is 4. The zero-order chi connectivity index (χ0) is 14.7. The molecule has 0 saturated carbocycles. The minimum atomic E-state index is -0.842. The first-order valence-electron chi connectivity index (χ1n) is 6.41. The molecule has 2 aromatic heterocycles.